The first-order valence-electron chi connectivity index (χ1n) is 12.2. The van der Waals surface area contributed by atoms with E-state index >= 15 is 0 Å². The number of anilines is 2. The second kappa shape index (κ2) is 13.9. The summed E-state index contributed by atoms with van der Waals surface area (Å²) in [7, 11) is -4.20. The van der Waals surface area contributed by atoms with Gasteiger partial charge in [-0.25, -0.2) is 0 Å². The largest absolute Gasteiger partial charge is 0.364 e. The van der Waals surface area contributed by atoms with E-state index in [1.54, 1.807) is 6.07 Å². The van der Waals surface area contributed by atoms with Crippen LogP contribution in [-0.4, -0.2) is 19.1 Å². The average molecular weight is 439 g/mol. The van der Waals surface area contributed by atoms with Gasteiger partial charge in [0, 0.05) is 0 Å². The second-order valence-electron chi connectivity index (χ2n) is 8.73. The minimum Gasteiger partial charge on any atom is -0.364 e. The highest BCUT2D eigenvalue weighted by atomic mass is 32.2. The summed E-state index contributed by atoms with van der Waals surface area (Å²) in [5.41, 5.74) is 1.24. The number of fused-ring (bicyclic) bond motifs is 1. The third-order valence-electron chi connectivity index (χ3n) is 6.05. The summed E-state index contributed by atoms with van der Waals surface area (Å²) in [4.78, 5) is -0.0495. The molecule has 1 aromatic carbocycles. The third kappa shape index (κ3) is 9.25. The lowest BCUT2D eigenvalue weighted by molar-refractivity contribution is 0.483. The molecule has 0 amide bonds. The molecule has 0 aromatic heterocycles. The summed E-state index contributed by atoms with van der Waals surface area (Å²) >= 11 is 0. The van der Waals surface area contributed by atoms with Crippen LogP contribution in [0.15, 0.2) is 23.1 Å². The summed E-state index contributed by atoms with van der Waals surface area (Å²) < 4.78 is 32.3. The third-order valence-corrected chi connectivity index (χ3v) is 6.94. The quantitative estimate of drug-likeness (QED) is 0.175. The molecule has 0 saturated heterocycles. The topological polar surface area (TPSA) is 78.4 Å². The molecule has 172 valence electrons. The highest BCUT2D eigenvalue weighted by Gasteiger charge is 2.26. The number of para-hydroxylation sites is 1. The number of rotatable bonds is 17. The molecule has 1 aromatic rings. The van der Waals surface area contributed by atoms with Crippen molar-refractivity contribution in [3.8, 4) is 0 Å². The summed E-state index contributed by atoms with van der Waals surface area (Å²) in [6, 6.07) is 4.91. The molecule has 2 rings (SSSR count). The molecule has 3 N–H and O–H groups in total. The molecule has 30 heavy (non-hydrogen) atoms. The molecule has 5 nitrogen and oxygen atoms in total. The molecule has 1 unspecified atom stereocenters. The zero-order valence-electron chi connectivity index (χ0n) is 18.8. The van der Waals surface area contributed by atoms with Gasteiger partial charge in [-0.2, -0.15) is 8.42 Å². The maximum absolute atomic E-state index is 11.5. The van der Waals surface area contributed by atoms with Crippen molar-refractivity contribution in [1.29, 1.82) is 0 Å². The van der Waals surface area contributed by atoms with Crippen LogP contribution >= 0.6 is 0 Å². The Hall–Kier alpha value is -1.27. The Morgan fingerprint density at radius 2 is 1.27 bits per heavy atom. The van der Waals surface area contributed by atoms with Crippen molar-refractivity contribution < 1.29 is 13.0 Å². The summed E-state index contributed by atoms with van der Waals surface area (Å²) in [6.45, 7) is 2.27. The van der Waals surface area contributed by atoms with Crippen LogP contribution < -0.4 is 10.6 Å². The first-order valence-corrected chi connectivity index (χ1v) is 13.6. The molecule has 1 atom stereocenters. The molecular weight excluding hydrogens is 396 g/mol. The first kappa shape index (κ1) is 25.0. The van der Waals surface area contributed by atoms with Gasteiger partial charge >= 0.3 is 0 Å². The van der Waals surface area contributed by atoms with Crippen LogP contribution in [0, 0.1) is 0 Å². The minimum absolute atomic E-state index is 0.0323. The van der Waals surface area contributed by atoms with Gasteiger partial charge in [-0.05, 0) is 25.0 Å². The predicted octanol–water partition coefficient (Wildman–Crippen LogP) is 7.36. The Bertz CT molecular complexity index is 706. The van der Waals surface area contributed by atoms with E-state index in [9.17, 15) is 13.0 Å². The predicted molar refractivity (Wildman–Crippen MR) is 127 cm³/mol. The van der Waals surface area contributed by atoms with E-state index in [4.69, 9.17) is 0 Å². The lowest BCUT2D eigenvalue weighted by Crippen LogP contribution is -2.22. The average Bonchev–Trinajstić information content (AvgIpc) is 3.13. The van der Waals surface area contributed by atoms with Gasteiger partial charge in [0.15, 0.2) is 0 Å². The van der Waals surface area contributed by atoms with Crippen molar-refractivity contribution in [2.75, 3.05) is 10.6 Å². The molecule has 1 aliphatic rings. The molecule has 0 spiro atoms. The van der Waals surface area contributed by atoms with E-state index in [0.29, 0.717) is 5.69 Å². The lowest BCUT2D eigenvalue weighted by atomic mass is 10.0. The summed E-state index contributed by atoms with van der Waals surface area (Å²) in [5.74, 6) is 0. The van der Waals surface area contributed by atoms with E-state index in [1.807, 2.05) is 6.07 Å². The van der Waals surface area contributed by atoms with Gasteiger partial charge < -0.3 is 10.6 Å². The molecular formula is C24H42N2O3S. The van der Waals surface area contributed by atoms with Crippen LogP contribution in [0.4, 0.5) is 11.4 Å². The van der Waals surface area contributed by atoms with E-state index < -0.39 is 10.1 Å². The standard InChI is InChI=1S/C24H42N2O3S/c1-2-3-4-5-6-7-8-9-10-11-12-13-14-15-16-20-23-25-21-18-17-19-22(24(21)26-23)30(27,28)29/h17-19,23,25-26H,2-16,20H2,1H3,(H,27,28,29). The van der Waals surface area contributed by atoms with Crippen molar-refractivity contribution in [3.63, 3.8) is 0 Å². The van der Waals surface area contributed by atoms with Gasteiger partial charge in [-0.15, -0.1) is 0 Å². The van der Waals surface area contributed by atoms with E-state index in [1.165, 1.54) is 96.0 Å². The van der Waals surface area contributed by atoms with E-state index in [0.717, 1.165) is 18.5 Å². The van der Waals surface area contributed by atoms with Crippen LogP contribution in [0.3, 0.4) is 0 Å². The molecule has 0 radical (unpaired) electrons. The summed E-state index contributed by atoms with van der Waals surface area (Å²) in [6.07, 6.45) is 21.2. The van der Waals surface area contributed by atoms with Crippen LogP contribution in [-0.2, 0) is 10.1 Å². The fourth-order valence-electron chi connectivity index (χ4n) is 4.28. The van der Waals surface area contributed by atoms with E-state index in [-0.39, 0.29) is 11.1 Å². The lowest BCUT2D eigenvalue weighted by Gasteiger charge is -2.12. The van der Waals surface area contributed by atoms with Crippen molar-refractivity contribution in [3.05, 3.63) is 18.2 Å². The Labute approximate surface area is 184 Å². The van der Waals surface area contributed by atoms with Crippen molar-refractivity contribution in [2.24, 2.45) is 0 Å². The molecule has 0 saturated carbocycles. The molecule has 1 aliphatic heterocycles. The van der Waals surface area contributed by atoms with Crippen LogP contribution in [0.1, 0.15) is 110 Å². The second-order valence-corrected chi connectivity index (χ2v) is 10.1. The molecule has 0 bridgehead atoms. The number of unbranched alkanes of at least 4 members (excludes halogenated alkanes) is 14. The molecule has 6 heteroatoms. The number of hydrogen-bond donors (Lipinski definition) is 3. The van der Waals surface area contributed by atoms with Crippen molar-refractivity contribution >= 4 is 21.5 Å². The fraction of sp³-hybridized carbons (Fsp3) is 0.750. The van der Waals surface area contributed by atoms with Gasteiger partial charge in [0.25, 0.3) is 10.1 Å². The monoisotopic (exact) mass is 438 g/mol. The summed E-state index contributed by atoms with van der Waals surface area (Å²) in [5, 5.41) is 6.52. The highest BCUT2D eigenvalue weighted by Crippen LogP contribution is 2.36. The Morgan fingerprint density at radius 1 is 0.767 bits per heavy atom. The zero-order valence-corrected chi connectivity index (χ0v) is 19.6. The van der Waals surface area contributed by atoms with Gasteiger partial charge in [-0.1, -0.05) is 103 Å². The Morgan fingerprint density at radius 3 is 1.77 bits per heavy atom. The van der Waals surface area contributed by atoms with E-state index in [2.05, 4.69) is 17.6 Å². The highest BCUT2D eigenvalue weighted by molar-refractivity contribution is 7.86. The van der Waals surface area contributed by atoms with Gasteiger partial charge in [0.2, 0.25) is 0 Å². The zero-order chi connectivity index (χ0) is 21.7. The maximum atomic E-state index is 11.5. The van der Waals surface area contributed by atoms with Gasteiger partial charge in [0.1, 0.15) is 4.90 Å². The smallest absolute Gasteiger partial charge is 0.296 e. The van der Waals surface area contributed by atoms with Crippen LogP contribution in [0.2, 0.25) is 0 Å². The molecule has 0 fully saturated rings. The fourth-order valence-corrected chi connectivity index (χ4v) is 4.95. The maximum Gasteiger partial charge on any atom is 0.296 e. The molecule has 0 aliphatic carbocycles. The van der Waals surface area contributed by atoms with Gasteiger partial charge in [0.05, 0.1) is 17.5 Å². The minimum atomic E-state index is -4.20. The van der Waals surface area contributed by atoms with Crippen LogP contribution in [0.5, 0.6) is 0 Å². The van der Waals surface area contributed by atoms with Gasteiger partial charge in [-0.3, -0.25) is 4.55 Å². The SMILES string of the molecule is CCCCCCCCCCCCCCCCCC1Nc2cccc(S(=O)(=O)O)c2N1. The van der Waals surface area contributed by atoms with Crippen LogP contribution in [0.25, 0.3) is 0 Å². The normalized spacial score (nSPS) is 15.6. The number of hydrogen-bond acceptors (Lipinski definition) is 4. The number of benzene rings is 1. The van der Waals surface area contributed by atoms with Crippen molar-refractivity contribution in [1.82, 2.24) is 0 Å². The molecule has 1 heterocycles. The Balaban J connectivity index is 1.43. The Kier molecular flexibility index (Phi) is 11.6. The first-order chi connectivity index (χ1) is 14.5. The van der Waals surface area contributed by atoms with Crippen molar-refractivity contribution in [2.45, 2.75) is 121 Å². The number of nitrogens with one attached hydrogen (secondary N) is 2.